The zero-order valence-electron chi connectivity index (χ0n) is 23.6. The Kier molecular flexibility index (Phi) is 8.19. The fraction of sp³-hybridized carbons (Fsp3) is 0.419. The molecule has 218 valence electrons. The lowest BCUT2D eigenvalue weighted by atomic mass is 10.1. The molecule has 0 saturated carbocycles. The first kappa shape index (κ1) is 27.9. The first-order valence-corrected chi connectivity index (χ1v) is 14.4. The number of likely N-dealkylation sites (tertiary alicyclic amines) is 1. The van der Waals surface area contributed by atoms with Crippen LogP contribution in [0, 0.1) is 11.3 Å². The van der Waals surface area contributed by atoms with Gasteiger partial charge in [-0.05, 0) is 55.5 Å². The minimum atomic E-state index is -0.525. The number of anilines is 3. The number of hydrogen-bond donors (Lipinski definition) is 2. The van der Waals surface area contributed by atoms with Gasteiger partial charge in [0, 0.05) is 61.8 Å². The summed E-state index contributed by atoms with van der Waals surface area (Å²) in [5.74, 6) is 1.27. The molecule has 1 aromatic heterocycles. The maximum atomic E-state index is 12.0. The molecule has 0 bridgehead atoms. The number of carbonyl (C=O) groups is 1. The second kappa shape index (κ2) is 12.3. The van der Waals surface area contributed by atoms with Crippen molar-refractivity contribution in [3.63, 3.8) is 0 Å². The minimum Gasteiger partial charge on any atom is -0.487 e. The Balaban J connectivity index is 1.09. The van der Waals surface area contributed by atoms with Crippen LogP contribution in [0.1, 0.15) is 18.9 Å². The van der Waals surface area contributed by atoms with E-state index in [1.807, 2.05) is 19.1 Å². The number of nitriles is 1. The molecule has 4 heterocycles. The fourth-order valence-electron chi connectivity index (χ4n) is 5.79. The van der Waals surface area contributed by atoms with E-state index in [0.29, 0.717) is 47.5 Å². The van der Waals surface area contributed by atoms with E-state index in [2.05, 4.69) is 55.4 Å². The van der Waals surface area contributed by atoms with Crippen LogP contribution in [0.3, 0.4) is 0 Å². The Bertz CT molecular complexity index is 1450. The largest absolute Gasteiger partial charge is 0.487 e. The number of rotatable bonds is 8. The molecule has 0 radical (unpaired) electrons. The predicted molar refractivity (Wildman–Crippen MR) is 158 cm³/mol. The van der Waals surface area contributed by atoms with Crippen LogP contribution in [0.5, 0.6) is 5.75 Å². The fourth-order valence-corrected chi connectivity index (χ4v) is 5.79. The molecule has 2 atom stereocenters. The van der Waals surface area contributed by atoms with Gasteiger partial charge in [0.2, 0.25) is 5.91 Å². The smallest absolute Gasteiger partial charge is 0.248 e. The van der Waals surface area contributed by atoms with E-state index in [1.54, 1.807) is 23.2 Å². The van der Waals surface area contributed by atoms with Gasteiger partial charge in [0.25, 0.3) is 0 Å². The third-order valence-electron chi connectivity index (χ3n) is 8.26. The van der Waals surface area contributed by atoms with Crippen LogP contribution in [-0.2, 0) is 9.53 Å². The van der Waals surface area contributed by atoms with Gasteiger partial charge in [0.15, 0.2) is 5.82 Å². The molecular weight excluding hydrogens is 534 g/mol. The maximum absolute atomic E-state index is 12.0. The summed E-state index contributed by atoms with van der Waals surface area (Å²) in [4.78, 5) is 27.6. The van der Waals surface area contributed by atoms with Crippen molar-refractivity contribution >= 4 is 23.1 Å². The number of aliphatic hydroxyl groups is 1. The molecule has 3 aliphatic heterocycles. The molecule has 11 nitrogen and oxygen atoms in total. The molecule has 1 unspecified atom stereocenters. The van der Waals surface area contributed by atoms with Crippen molar-refractivity contribution in [2.24, 2.45) is 0 Å². The second-order valence-corrected chi connectivity index (χ2v) is 11.0. The number of piperazine rings is 1. The van der Waals surface area contributed by atoms with Gasteiger partial charge in [0.05, 0.1) is 31.4 Å². The van der Waals surface area contributed by atoms with Crippen molar-refractivity contribution in [2.75, 3.05) is 62.8 Å². The van der Waals surface area contributed by atoms with Crippen LogP contribution in [0.15, 0.2) is 54.7 Å². The highest BCUT2D eigenvalue weighted by molar-refractivity contribution is 5.78. The molecule has 1 amide bonds. The lowest BCUT2D eigenvalue weighted by Gasteiger charge is -2.43. The van der Waals surface area contributed by atoms with Crippen LogP contribution < -0.4 is 15.0 Å². The molecule has 3 fully saturated rings. The Hall–Kier alpha value is -4.24. The standard InChI is InChI=1S/C31H35N7O4/c1-21-14-27(17-38(21)30(40)18-39)42-28-7-2-22(15-23(28)16-32)31-33-9-8-29(35-31)34-24-3-5-25(6-4-24)36-10-12-37(13-11-36)26-19-41-20-26/h2-9,15,21,26-27,39H,10-14,17-20H2,1H3,(H,33,34,35)/t21-,27?/m0/s1. The van der Waals surface area contributed by atoms with Crippen LogP contribution in [0.25, 0.3) is 11.4 Å². The first-order valence-electron chi connectivity index (χ1n) is 14.4. The third-order valence-corrected chi connectivity index (χ3v) is 8.26. The average Bonchev–Trinajstić information content (AvgIpc) is 3.36. The van der Waals surface area contributed by atoms with Gasteiger partial charge >= 0.3 is 0 Å². The van der Waals surface area contributed by atoms with Crippen LogP contribution in [0.2, 0.25) is 0 Å². The van der Waals surface area contributed by atoms with Crippen molar-refractivity contribution in [3.05, 3.63) is 60.3 Å². The van der Waals surface area contributed by atoms with Crippen molar-refractivity contribution in [3.8, 4) is 23.2 Å². The van der Waals surface area contributed by atoms with Gasteiger partial charge in [-0.25, -0.2) is 9.97 Å². The third kappa shape index (κ3) is 6.01. The van der Waals surface area contributed by atoms with Gasteiger partial charge in [-0.3, -0.25) is 9.69 Å². The normalized spacial score (nSPS) is 21.1. The topological polar surface area (TPSA) is 127 Å². The monoisotopic (exact) mass is 569 g/mol. The summed E-state index contributed by atoms with van der Waals surface area (Å²) in [5.41, 5.74) is 3.20. The molecule has 2 N–H and O–H groups in total. The van der Waals surface area contributed by atoms with E-state index in [1.165, 1.54) is 5.69 Å². The number of ether oxygens (including phenoxy) is 2. The Labute approximate surface area is 245 Å². The zero-order chi connectivity index (χ0) is 29.1. The molecule has 0 spiro atoms. The number of nitrogens with one attached hydrogen (secondary N) is 1. The Morgan fingerprint density at radius 2 is 1.93 bits per heavy atom. The summed E-state index contributed by atoms with van der Waals surface area (Å²) < 4.78 is 11.4. The number of carbonyl (C=O) groups excluding carboxylic acids is 1. The molecule has 3 aromatic rings. The summed E-state index contributed by atoms with van der Waals surface area (Å²) >= 11 is 0. The van der Waals surface area contributed by atoms with Gasteiger partial charge in [0.1, 0.15) is 30.3 Å². The SMILES string of the molecule is C[C@H]1CC(Oc2ccc(-c3nccc(Nc4ccc(N5CCN(C6COC6)CC5)cc4)n3)cc2C#N)CN1C(=O)CO. The highest BCUT2D eigenvalue weighted by Crippen LogP contribution is 2.29. The van der Waals surface area contributed by atoms with Gasteiger partial charge in [-0.2, -0.15) is 5.26 Å². The lowest BCUT2D eigenvalue weighted by molar-refractivity contribution is -0.134. The van der Waals surface area contributed by atoms with Crippen LogP contribution in [-0.4, -0.2) is 102 Å². The number of nitrogens with zero attached hydrogens (tertiary/aromatic N) is 6. The van der Waals surface area contributed by atoms with Crippen molar-refractivity contribution in [1.82, 2.24) is 19.8 Å². The highest BCUT2D eigenvalue weighted by Gasteiger charge is 2.34. The predicted octanol–water partition coefficient (Wildman–Crippen LogP) is 2.64. The van der Waals surface area contributed by atoms with Gasteiger partial charge < -0.3 is 29.7 Å². The van der Waals surface area contributed by atoms with E-state index in [4.69, 9.17) is 9.47 Å². The molecule has 3 saturated heterocycles. The molecule has 11 heteroatoms. The van der Waals surface area contributed by atoms with E-state index >= 15 is 0 Å². The minimum absolute atomic E-state index is 0.0393. The number of hydrogen-bond acceptors (Lipinski definition) is 10. The summed E-state index contributed by atoms with van der Waals surface area (Å²) in [6, 6.07) is 18.2. The summed E-state index contributed by atoms with van der Waals surface area (Å²) in [6.45, 7) is 7.63. The van der Waals surface area contributed by atoms with Crippen molar-refractivity contribution in [1.29, 1.82) is 5.26 Å². The Morgan fingerprint density at radius 1 is 1.14 bits per heavy atom. The average molecular weight is 570 g/mol. The maximum Gasteiger partial charge on any atom is 0.248 e. The van der Waals surface area contributed by atoms with E-state index in [-0.39, 0.29) is 18.1 Å². The molecule has 42 heavy (non-hydrogen) atoms. The van der Waals surface area contributed by atoms with Crippen molar-refractivity contribution in [2.45, 2.75) is 31.5 Å². The summed E-state index contributed by atoms with van der Waals surface area (Å²) in [7, 11) is 0. The van der Waals surface area contributed by atoms with Crippen molar-refractivity contribution < 1.29 is 19.4 Å². The number of benzene rings is 2. The quantitative estimate of drug-likeness (QED) is 0.418. The Morgan fingerprint density at radius 3 is 2.62 bits per heavy atom. The van der Waals surface area contributed by atoms with E-state index < -0.39 is 6.61 Å². The van der Waals surface area contributed by atoms with Gasteiger partial charge in [-0.15, -0.1) is 0 Å². The van der Waals surface area contributed by atoms with Gasteiger partial charge in [-0.1, -0.05) is 0 Å². The lowest BCUT2D eigenvalue weighted by Crippen LogP contribution is -2.56. The molecular formula is C31H35N7O4. The van der Waals surface area contributed by atoms with E-state index in [0.717, 1.165) is 45.1 Å². The number of aliphatic hydroxyl groups excluding tert-OH is 1. The van der Waals surface area contributed by atoms with Crippen LogP contribution >= 0.6 is 0 Å². The zero-order valence-corrected chi connectivity index (χ0v) is 23.6. The molecule has 3 aliphatic rings. The second-order valence-electron chi connectivity index (χ2n) is 11.0. The van der Waals surface area contributed by atoms with Crippen LogP contribution in [0.4, 0.5) is 17.2 Å². The number of amides is 1. The summed E-state index contributed by atoms with van der Waals surface area (Å²) in [6.07, 6.45) is 2.06. The number of aromatic nitrogens is 2. The summed E-state index contributed by atoms with van der Waals surface area (Å²) in [5, 5.41) is 22.4. The first-order chi connectivity index (χ1) is 20.5. The molecule has 0 aliphatic carbocycles. The highest BCUT2D eigenvalue weighted by atomic mass is 16.5. The van der Waals surface area contributed by atoms with E-state index in [9.17, 15) is 15.2 Å². The molecule has 2 aromatic carbocycles. The molecule has 6 rings (SSSR count).